The van der Waals surface area contributed by atoms with E-state index in [2.05, 4.69) is 5.32 Å². The van der Waals surface area contributed by atoms with Gasteiger partial charge in [-0.25, -0.2) is 4.79 Å². The number of hydrogen-bond acceptors (Lipinski definition) is 18. The molecule has 20 nitrogen and oxygen atoms in total. The zero-order chi connectivity index (χ0) is 52.4. The Kier molecular flexibility index (Phi) is 24.7. The van der Waals surface area contributed by atoms with E-state index in [9.17, 15) is 65.8 Å². The fourth-order valence-corrected chi connectivity index (χ4v) is 9.00. The van der Waals surface area contributed by atoms with Crippen molar-refractivity contribution >= 4 is 12.0 Å². The highest BCUT2D eigenvalue weighted by Crippen LogP contribution is 2.35. The van der Waals surface area contributed by atoms with Crippen molar-refractivity contribution in [1.82, 2.24) is 10.2 Å². The van der Waals surface area contributed by atoms with Gasteiger partial charge in [0.15, 0.2) is 12.1 Å². The fraction of sp³-hybridized carbons (Fsp3) is 0.686. The molecule has 0 aromatic rings. The van der Waals surface area contributed by atoms with Gasteiger partial charge in [-0.05, 0) is 39.5 Å². The topological polar surface area (TPSA) is 335 Å². The van der Waals surface area contributed by atoms with Crippen LogP contribution in [0.15, 0.2) is 85.1 Å². The van der Waals surface area contributed by atoms with E-state index >= 15 is 0 Å². The van der Waals surface area contributed by atoms with E-state index in [1.807, 2.05) is 37.3 Å². The maximum absolute atomic E-state index is 13.5. The van der Waals surface area contributed by atoms with Crippen LogP contribution in [0.5, 0.6) is 0 Å². The van der Waals surface area contributed by atoms with Gasteiger partial charge in [0.1, 0.15) is 12.2 Å². The molecule has 4 aliphatic heterocycles. The number of nitrogens with zero attached hydrogens (tertiary/aromatic N) is 1. The third-order valence-electron chi connectivity index (χ3n) is 13.5. The second kappa shape index (κ2) is 29.3. The minimum Gasteiger partial charge on any atom is -0.462 e. The Morgan fingerprint density at radius 2 is 1.28 bits per heavy atom. The van der Waals surface area contributed by atoms with Gasteiger partial charge in [-0.2, -0.15) is 0 Å². The zero-order valence-corrected chi connectivity index (χ0v) is 41.2. The number of nitrogens with one attached hydrogen (secondary N) is 1. The molecule has 20 heteroatoms. The summed E-state index contributed by atoms with van der Waals surface area (Å²) in [6, 6.07) is -2.94. The molecule has 4 rings (SSSR count). The quantitative estimate of drug-likeness (QED) is 0.167. The molecule has 0 spiro atoms. The van der Waals surface area contributed by atoms with Crippen molar-refractivity contribution in [2.45, 2.75) is 195 Å². The number of fused-ring (bicyclic) bond motifs is 2. The number of cyclic esters (lactones) is 1. The first-order chi connectivity index (χ1) is 33.6. The van der Waals surface area contributed by atoms with Crippen LogP contribution in [0.3, 0.4) is 0 Å². The highest BCUT2D eigenvalue weighted by Gasteiger charge is 2.49. The van der Waals surface area contributed by atoms with Crippen molar-refractivity contribution < 1.29 is 84.7 Å². The average molecular weight is 1010 g/mol. The molecule has 3 fully saturated rings. The number of hydrogen-bond donors (Lipinski definition) is 13. The molecule has 402 valence electrons. The molecule has 3 saturated heterocycles. The molecule has 0 aliphatic carbocycles. The fourth-order valence-electron chi connectivity index (χ4n) is 9.00. The predicted molar refractivity (Wildman–Crippen MR) is 260 cm³/mol. The molecule has 71 heavy (non-hydrogen) atoms. The Labute approximate surface area is 416 Å². The summed E-state index contributed by atoms with van der Waals surface area (Å²) in [6.45, 7) is 7.08. The molecule has 10 unspecified atom stereocenters. The average Bonchev–Trinajstić information content (AvgIpc) is 3.75. The Hall–Kier alpha value is -3.68. The number of β-amino-alcohol motifs (C(OH)–C–C–N with tert-alkyl or cyclic N) is 1. The SMILES string of the molecule is C[C@@H]1OC(=O)CC(O)CC(O)CCC(O)C(O)CC(O)CC2(O)C[C@H](O)C(NC(=O)N3CC[C@H](O)C3)[C@H](CC(OC3O[C@H](C)[C@@H](O)[C@H](N)[C@@H]3O)/C=C/C=C/C=C/C=C/C=C/C=C/C=C/[C@H](C)C(O)[C@H]1C)O2. The number of allylic oxidation sites excluding steroid dienone is 12. The highest BCUT2D eigenvalue weighted by molar-refractivity contribution is 5.75. The van der Waals surface area contributed by atoms with E-state index in [1.165, 1.54) is 4.90 Å². The number of aliphatic hydroxyl groups excluding tert-OH is 10. The van der Waals surface area contributed by atoms with E-state index < -0.39 is 153 Å². The van der Waals surface area contributed by atoms with Crippen molar-refractivity contribution in [3.8, 4) is 0 Å². The molecular formula is C51H81N3O17. The standard InChI is InChI=1S/C51H81N3O17/c1-30-17-15-13-11-9-7-5-6-8-10-12-14-16-18-38(70-49-48(65)44(52)47(64)33(4)69-49)26-42-45(53-50(66)54-22-21-35(56)29-54)41(61)28-51(67,71-42)27-37(58)24-40(60)39(59)20-19-34(55)23-36(57)25-43(62)68-32(3)31(2)46(30)63/h5-18,30-42,44-49,55-61,63-65,67H,19-29,52H2,1-4H3,(H,53,66)/b6-5+,9-7+,10-8+,13-11+,14-12+,17-15+,18-16+/t30-,31-,32-,33+,34?,35-,36?,37?,38?,39?,40?,41-,42-,44-,45?,46?,47+,48-,49?,51?/m0/s1. The number of likely N-dealkylation sites (tertiary alicyclic amines) is 1. The summed E-state index contributed by atoms with van der Waals surface area (Å²) in [6.07, 6.45) is 4.31. The van der Waals surface area contributed by atoms with E-state index in [-0.39, 0.29) is 44.7 Å². The van der Waals surface area contributed by atoms with Gasteiger partial charge < -0.3 is 91.1 Å². The van der Waals surface area contributed by atoms with Crippen molar-refractivity contribution in [3.63, 3.8) is 0 Å². The van der Waals surface area contributed by atoms with Crippen LogP contribution in [-0.2, 0) is 23.7 Å². The number of carbonyl (C=O) groups is 2. The first-order valence-electron chi connectivity index (χ1n) is 24.8. The lowest BCUT2D eigenvalue weighted by atomic mass is 9.87. The molecule has 0 aromatic heterocycles. The molecule has 14 N–H and O–H groups in total. The Morgan fingerprint density at radius 1 is 0.676 bits per heavy atom. The number of carbonyl (C=O) groups excluding carboxylic acids is 2. The van der Waals surface area contributed by atoms with Crippen LogP contribution in [-0.4, -0.2) is 196 Å². The second-order valence-electron chi connectivity index (χ2n) is 19.6. The van der Waals surface area contributed by atoms with Gasteiger partial charge in [0, 0.05) is 50.6 Å². The van der Waals surface area contributed by atoms with Gasteiger partial charge in [-0.15, -0.1) is 0 Å². The summed E-state index contributed by atoms with van der Waals surface area (Å²) < 4.78 is 23.8. The molecule has 0 radical (unpaired) electrons. The smallest absolute Gasteiger partial charge is 0.317 e. The summed E-state index contributed by atoms with van der Waals surface area (Å²) in [5, 5.41) is 123. The summed E-state index contributed by atoms with van der Waals surface area (Å²) in [4.78, 5) is 27.5. The first-order valence-corrected chi connectivity index (χ1v) is 24.8. The normalized spacial score (nSPS) is 44.8. The van der Waals surface area contributed by atoms with Gasteiger partial charge in [0.05, 0.1) is 91.8 Å². The van der Waals surface area contributed by atoms with E-state index in [0.29, 0.717) is 6.42 Å². The van der Waals surface area contributed by atoms with Crippen LogP contribution >= 0.6 is 0 Å². The largest absolute Gasteiger partial charge is 0.462 e. The third-order valence-corrected chi connectivity index (χ3v) is 13.5. The van der Waals surface area contributed by atoms with Crippen molar-refractivity contribution in [2.24, 2.45) is 17.6 Å². The van der Waals surface area contributed by atoms with Crippen LogP contribution in [0.4, 0.5) is 4.79 Å². The molecular weight excluding hydrogens is 927 g/mol. The number of amides is 2. The summed E-state index contributed by atoms with van der Waals surface area (Å²) in [5.41, 5.74) is 6.11. The monoisotopic (exact) mass is 1010 g/mol. The minimum absolute atomic E-state index is 0.0469. The number of ether oxygens (including phenoxy) is 4. The number of urea groups is 1. The lowest BCUT2D eigenvalue weighted by molar-refractivity contribution is -0.303. The summed E-state index contributed by atoms with van der Waals surface area (Å²) >= 11 is 0. The maximum Gasteiger partial charge on any atom is 0.317 e. The van der Waals surface area contributed by atoms with Crippen LogP contribution in [0.2, 0.25) is 0 Å². The molecule has 20 atom stereocenters. The van der Waals surface area contributed by atoms with Crippen LogP contribution in [0.1, 0.15) is 85.5 Å². The lowest BCUT2D eigenvalue weighted by Gasteiger charge is -2.47. The zero-order valence-electron chi connectivity index (χ0n) is 41.2. The Morgan fingerprint density at radius 3 is 1.89 bits per heavy atom. The van der Waals surface area contributed by atoms with Gasteiger partial charge in [0.2, 0.25) is 0 Å². The molecule has 2 amide bonds. The van der Waals surface area contributed by atoms with Gasteiger partial charge in [0.25, 0.3) is 0 Å². The van der Waals surface area contributed by atoms with Crippen LogP contribution < -0.4 is 11.1 Å². The number of nitrogens with two attached hydrogens (primary N) is 1. The van der Waals surface area contributed by atoms with Crippen LogP contribution in [0.25, 0.3) is 0 Å². The molecule has 4 aliphatic rings. The van der Waals surface area contributed by atoms with Gasteiger partial charge in [-0.1, -0.05) is 98.9 Å². The second-order valence-corrected chi connectivity index (χ2v) is 19.6. The summed E-state index contributed by atoms with van der Waals surface area (Å²) in [7, 11) is 0. The lowest BCUT2D eigenvalue weighted by Crippen LogP contribution is -2.64. The van der Waals surface area contributed by atoms with Crippen molar-refractivity contribution in [2.75, 3.05) is 13.1 Å². The van der Waals surface area contributed by atoms with E-state index in [4.69, 9.17) is 24.7 Å². The Bertz CT molecular complexity index is 1850. The number of esters is 1. The molecule has 0 aromatic carbocycles. The van der Waals surface area contributed by atoms with Crippen molar-refractivity contribution in [1.29, 1.82) is 0 Å². The van der Waals surface area contributed by atoms with E-state index in [0.717, 1.165) is 0 Å². The third kappa shape index (κ3) is 19.6. The predicted octanol–water partition coefficient (Wildman–Crippen LogP) is 0.156. The van der Waals surface area contributed by atoms with E-state index in [1.54, 1.807) is 75.5 Å². The molecule has 2 bridgehead atoms. The highest BCUT2D eigenvalue weighted by atomic mass is 16.7. The summed E-state index contributed by atoms with van der Waals surface area (Å²) in [5.74, 6) is -3.74. The molecule has 0 saturated carbocycles. The first kappa shape index (κ1) is 59.9. The Balaban J connectivity index is 1.60. The van der Waals surface area contributed by atoms with Crippen molar-refractivity contribution in [3.05, 3.63) is 85.1 Å². The van der Waals surface area contributed by atoms with Gasteiger partial charge >= 0.3 is 12.0 Å². The number of rotatable bonds is 3. The minimum atomic E-state index is -2.27. The van der Waals surface area contributed by atoms with Crippen LogP contribution in [0, 0.1) is 11.8 Å². The molecule has 4 heterocycles. The number of aliphatic hydroxyl groups is 11. The maximum atomic E-state index is 13.5. The van der Waals surface area contributed by atoms with Gasteiger partial charge in [-0.3, -0.25) is 4.79 Å².